The number of ether oxygens (including phenoxy) is 2. The van der Waals surface area contributed by atoms with Crippen molar-refractivity contribution in [2.24, 2.45) is 0 Å². The molecule has 3 aromatic rings. The third-order valence-corrected chi connectivity index (χ3v) is 5.72. The van der Waals surface area contributed by atoms with Gasteiger partial charge >= 0.3 is 0 Å². The number of hydrogen-bond acceptors (Lipinski definition) is 5. The maximum Gasteiger partial charge on any atom is 0.264 e. The number of nitrogens with zero attached hydrogens (tertiary/aromatic N) is 1. The molecule has 0 fully saturated rings. The Balaban J connectivity index is 2.10. The quantitative estimate of drug-likeness (QED) is 0.612. The summed E-state index contributed by atoms with van der Waals surface area (Å²) < 4.78 is 56.6. The minimum Gasteiger partial charge on any atom is -0.493 e. The standard InChI is InChI=1S/C19H18FNO5S/c1-24-18-10-7-15(12-19(18)25-2)21(13-16-4-3-11-26-16)27(22,23)17-8-5-14(20)6-9-17/h3-12H,13H2,1-2H3. The van der Waals surface area contributed by atoms with E-state index in [9.17, 15) is 12.8 Å². The van der Waals surface area contributed by atoms with Crippen LogP contribution in [0.1, 0.15) is 5.76 Å². The van der Waals surface area contributed by atoms with Crippen molar-refractivity contribution < 1.29 is 26.7 Å². The number of anilines is 1. The molecule has 27 heavy (non-hydrogen) atoms. The monoisotopic (exact) mass is 391 g/mol. The smallest absolute Gasteiger partial charge is 0.264 e. The van der Waals surface area contributed by atoms with Crippen molar-refractivity contribution in [1.82, 2.24) is 0 Å². The average molecular weight is 391 g/mol. The van der Waals surface area contributed by atoms with E-state index in [-0.39, 0.29) is 11.4 Å². The second-order valence-electron chi connectivity index (χ2n) is 5.58. The molecule has 0 aliphatic heterocycles. The highest BCUT2D eigenvalue weighted by Gasteiger charge is 2.27. The predicted octanol–water partition coefficient (Wildman–Crippen LogP) is 3.83. The van der Waals surface area contributed by atoms with Gasteiger partial charge in [-0.1, -0.05) is 0 Å². The molecule has 6 nitrogen and oxygen atoms in total. The second-order valence-corrected chi connectivity index (χ2v) is 7.45. The molecule has 0 saturated heterocycles. The van der Waals surface area contributed by atoms with Gasteiger partial charge in [-0.25, -0.2) is 12.8 Å². The van der Waals surface area contributed by atoms with E-state index in [4.69, 9.17) is 13.9 Å². The predicted molar refractivity (Wildman–Crippen MR) is 98.0 cm³/mol. The Hall–Kier alpha value is -3.00. The molecule has 3 rings (SSSR count). The molecule has 1 aromatic heterocycles. The molecule has 0 bridgehead atoms. The van der Waals surface area contributed by atoms with Crippen LogP contribution in [0.25, 0.3) is 0 Å². The van der Waals surface area contributed by atoms with Crippen LogP contribution in [-0.2, 0) is 16.6 Å². The van der Waals surface area contributed by atoms with E-state index in [1.165, 1.54) is 36.9 Å². The van der Waals surface area contributed by atoms with E-state index in [1.807, 2.05) is 0 Å². The van der Waals surface area contributed by atoms with Gasteiger partial charge in [0.1, 0.15) is 11.6 Å². The summed E-state index contributed by atoms with van der Waals surface area (Å²) in [5, 5.41) is 0. The minimum absolute atomic E-state index is 0.0368. The Kier molecular flexibility index (Phi) is 5.36. The molecular formula is C19H18FNO5S. The van der Waals surface area contributed by atoms with Crippen LogP contribution in [0.4, 0.5) is 10.1 Å². The second kappa shape index (κ2) is 7.71. The molecule has 0 spiro atoms. The molecule has 0 aliphatic rings. The summed E-state index contributed by atoms with van der Waals surface area (Å²) in [6.45, 7) is -0.0395. The van der Waals surface area contributed by atoms with Crippen molar-refractivity contribution in [3.05, 3.63) is 72.4 Å². The lowest BCUT2D eigenvalue weighted by Crippen LogP contribution is -2.30. The Morgan fingerprint density at radius 2 is 1.70 bits per heavy atom. The molecule has 1 heterocycles. The normalized spacial score (nSPS) is 11.2. The lowest BCUT2D eigenvalue weighted by atomic mass is 10.2. The fraction of sp³-hybridized carbons (Fsp3) is 0.158. The van der Waals surface area contributed by atoms with Crippen LogP contribution in [0.2, 0.25) is 0 Å². The zero-order valence-corrected chi connectivity index (χ0v) is 15.6. The molecule has 142 valence electrons. The van der Waals surface area contributed by atoms with Crippen molar-refractivity contribution in [3.8, 4) is 11.5 Å². The molecule has 0 unspecified atom stereocenters. The van der Waals surface area contributed by atoms with E-state index in [0.29, 0.717) is 22.9 Å². The van der Waals surface area contributed by atoms with Crippen LogP contribution in [0.15, 0.2) is 70.2 Å². The van der Waals surface area contributed by atoms with Crippen molar-refractivity contribution in [2.45, 2.75) is 11.4 Å². The fourth-order valence-electron chi connectivity index (χ4n) is 2.57. The minimum atomic E-state index is -3.98. The maximum absolute atomic E-state index is 13.2. The summed E-state index contributed by atoms with van der Waals surface area (Å²) in [5.41, 5.74) is 0.355. The van der Waals surface area contributed by atoms with Gasteiger partial charge < -0.3 is 13.9 Å². The van der Waals surface area contributed by atoms with E-state index < -0.39 is 15.8 Å². The van der Waals surface area contributed by atoms with Gasteiger partial charge in [0.2, 0.25) is 0 Å². The molecule has 0 radical (unpaired) electrons. The molecule has 8 heteroatoms. The topological polar surface area (TPSA) is 69.0 Å². The van der Waals surface area contributed by atoms with Gasteiger partial charge in [0.25, 0.3) is 10.0 Å². The number of sulfonamides is 1. The maximum atomic E-state index is 13.2. The summed E-state index contributed by atoms with van der Waals surface area (Å²) in [4.78, 5) is -0.0368. The van der Waals surface area contributed by atoms with E-state index in [1.54, 1.807) is 30.3 Å². The van der Waals surface area contributed by atoms with E-state index in [0.717, 1.165) is 12.1 Å². The first-order valence-electron chi connectivity index (χ1n) is 7.98. The number of hydrogen-bond donors (Lipinski definition) is 0. The van der Waals surface area contributed by atoms with E-state index in [2.05, 4.69) is 0 Å². The lowest BCUT2D eigenvalue weighted by molar-refractivity contribution is 0.355. The Morgan fingerprint density at radius 3 is 2.30 bits per heavy atom. The largest absolute Gasteiger partial charge is 0.493 e. The Labute approximate surface area is 156 Å². The zero-order valence-electron chi connectivity index (χ0n) is 14.8. The molecule has 0 saturated carbocycles. The molecule has 0 amide bonds. The number of furan rings is 1. The van der Waals surface area contributed by atoms with Crippen LogP contribution in [0.5, 0.6) is 11.5 Å². The SMILES string of the molecule is COc1ccc(N(Cc2ccco2)S(=O)(=O)c2ccc(F)cc2)cc1OC. The summed E-state index contributed by atoms with van der Waals surface area (Å²) >= 11 is 0. The number of benzene rings is 2. The van der Waals surface area contributed by atoms with Crippen molar-refractivity contribution in [2.75, 3.05) is 18.5 Å². The summed E-state index contributed by atoms with van der Waals surface area (Å²) in [7, 11) is -1.02. The van der Waals surface area contributed by atoms with Gasteiger partial charge in [0, 0.05) is 6.07 Å². The van der Waals surface area contributed by atoms with Crippen LogP contribution in [0, 0.1) is 5.82 Å². The third-order valence-electron chi connectivity index (χ3n) is 3.94. The Bertz CT molecular complexity index is 1000. The van der Waals surface area contributed by atoms with Gasteiger partial charge in [-0.05, 0) is 48.5 Å². The third kappa shape index (κ3) is 3.90. The van der Waals surface area contributed by atoms with Gasteiger partial charge in [0.05, 0.1) is 37.6 Å². The number of rotatable bonds is 7. The molecule has 0 atom stereocenters. The first-order chi connectivity index (χ1) is 13.0. The summed E-state index contributed by atoms with van der Waals surface area (Å²) in [6.07, 6.45) is 1.46. The Morgan fingerprint density at radius 1 is 1.00 bits per heavy atom. The highest BCUT2D eigenvalue weighted by Crippen LogP contribution is 2.34. The van der Waals surface area contributed by atoms with Gasteiger partial charge in [-0.15, -0.1) is 0 Å². The van der Waals surface area contributed by atoms with E-state index >= 15 is 0 Å². The molecule has 0 N–H and O–H groups in total. The van der Waals surface area contributed by atoms with Gasteiger partial charge in [-0.3, -0.25) is 4.31 Å². The van der Waals surface area contributed by atoms with Crippen molar-refractivity contribution >= 4 is 15.7 Å². The van der Waals surface area contributed by atoms with Crippen molar-refractivity contribution in [3.63, 3.8) is 0 Å². The van der Waals surface area contributed by atoms with Crippen LogP contribution in [-0.4, -0.2) is 22.6 Å². The zero-order chi connectivity index (χ0) is 19.4. The average Bonchev–Trinajstić information content (AvgIpc) is 3.19. The van der Waals surface area contributed by atoms with Gasteiger partial charge in [-0.2, -0.15) is 0 Å². The molecule has 2 aromatic carbocycles. The van der Waals surface area contributed by atoms with Crippen LogP contribution >= 0.6 is 0 Å². The molecular weight excluding hydrogens is 373 g/mol. The number of halogens is 1. The van der Waals surface area contributed by atoms with Gasteiger partial charge in [0.15, 0.2) is 11.5 Å². The first kappa shape index (κ1) is 18.8. The molecule has 0 aliphatic carbocycles. The van der Waals surface area contributed by atoms with Crippen LogP contribution in [0.3, 0.4) is 0 Å². The first-order valence-corrected chi connectivity index (χ1v) is 9.42. The fourth-order valence-corrected chi connectivity index (χ4v) is 4.00. The summed E-state index contributed by atoms with van der Waals surface area (Å²) in [5.74, 6) is 0.792. The van der Waals surface area contributed by atoms with Crippen LogP contribution < -0.4 is 13.8 Å². The lowest BCUT2D eigenvalue weighted by Gasteiger charge is -2.24. The number of methoxy groups -OCH3 is 2. The summed E-state index contributed by atoms with van der Waals surface area (Å²) in [6, 6.07) is 12.8. The highest BCUT2D eigenvalue weighted by atomic mass is 32.2. The van der Waals surface area contributed by atoms with Crippen molar-refractivity contribution in [1.29, 1.82) is 0 Å². The highest BCUT2D eigenvalue weighted by molar-refractivity contribution is 7.92.